The predicted octanol–water partition coefficient (Wildman–Crippen LogP) is 6.80. The molecule has 0 saturated heterocycles. The number of hydrogen-bond acceptors (Lipinski definition) is 4. The molecule has 0 unspecified atom stereocenters. The monoisotopic (exact) mass is 414 g/mol. The van der Waals surface area contributed by atoms with Crippen molar-refractivity contribution >= 4 is 24.0 Å². The van der Waals surface area contributed by atoms with Gasteiger partial charge in [-0.1, -0.05) is 89.7 Å². The van der Waals surface area contributed by atoms with Crippen molar-refractivity contribution in [1.82, 2.24) is 0 Å². The Hall–Kier alpha value is -2.43. The molecule has 0 saturated carbocycles. The van der Waals surface area contributed by atoms with Crippen LogP contribution in [-0.2, 0) is 4.74 Å². The van der Waals surface area contributed by atoms with E-state index < -0.39 is 17.9 Å². The van der Waals surface area contributed by atoms with E-state index in [4.69, 9.17) is 0 Å². The van der Waals surface area contributed by atoms with Gasteiger partial charge in [-0.15, -0.1) is 0 Å². The minimum absolute atomic E-state index is 0.00587. The number of hydrogen-bond donors (Lipinski definition) is 1. The van der Waals surface area contributed by atoms with Crippen LogP contribution < -0.4 is 0 Å². The molecule has 1 heterocycles. The number of carboxylic acid groups (broad SMARTS) is 1. The number of cyclic esters (lactones) is 2. The molecule has 1 aromatic carbocycles. The van der Waals surface area contributed by atoms with Crippen LogP contribution in [0, 0.1) is 0 Å². The summed E-state index contributed by atoms with van der Waals surface area (Å²) >= 11 is 0. The molecule has 164 valence electrons. The summed E-state index contributed by atoms with van der Waals surface area (Å²) in [5, 5.41) is 9.39. The molecule has 0 aromatic heterocycles. The molecule has 0 fully saturated rings. The fourth-order valence-electron chi connectivity index (χ4n) is 3.78. The van der Waals surface area contributed by atoms with Crippen molar-refractivity contribution in [3.05, 3.63) is 40.5 Å². The summed E-state index contributed by atoms with van der Waals surface area (Å²) in [6.07, 6.45) is 20.1. The van der Waals surface area contributed by atoms with Crippen LogP contribution in [0.1, 0.15) is 127 Å². The number of benzene rings is 1. The van der Waals surface area contributed by atoms with Crippen LogP contribution in [0.3, 0.4) is 0 Å². The van der Waals surface area contributed by atoms with Gasteiger partial charge in [-0.2, -0.15) is 0 Å². The summed E-state index contributed by atoms with van der Waals surface area (Å²) in [4.78, 5) is 34.8. The van der Waals surface area contributed by atoms with Gasteiger partial charge in [0, 0.05) is 0 Å². The van der Waals surface area contributed by atoms with Crippen molar-refractivity contribution in [3.63, 3.8) is 0 Å². The molecule has 0 amide bonds. The maximum Gasteiger partial charge on any atom is 0.346 e. The molecule has 1 aromatic rings. The Morgan fingerprint density at radius 2 is 1.33 bits per heavy atom. The van der Waals surface area contributed by atoms with Crippen LogP contribution >= 0.6 is 0 Å². The van der Waals surface area contributed by atoms with Crippen molar-refractivity contribution < 1.29 is 24.2 Å². The summed E-state index contributed by atoms with van der Waals surface area (Å²) in [6, 6.07) is 2.67. The van der Waals surface area contributed by atoms with Crippen molar-refractivity contribution in [2.75, 3.05) is 0 Å². The van der Waals surface area contributed by atoms with E-state index in [9.17, 15) is 19.5 Å². The van der Waals surface area contributed by atoms with Crippen molar-refractivity contribution in [2.45, 2.75) is 90.4 Å². The lowest BCUT2D eigenvalue weighted by Gasteiger charge is -2.04. The highest BCUT2D eigenvalue weighted by molar-refractivity contribution is 6.16. The summed E-state index contributed by atoms with van der Waals surface area (Å²) in [6.45, 7) is 2.25. The largest absolute Gasteiger partial charge is 0.478 e. The molecule has 1 aliphatic rings. The van der Waals surface area contributed by atoms with Gasteiger partial charge in [0.15, 0.2) is 0 Å². The zero-order chi connectivity index (χ0) is 21.8. The number of carboxylic acids is 1. The molecule has 0 aliphatic carbocycles. The normalized spacial score (nSPS) is 13.1. The van der Waals surface area contributed by atoms with Crippen molar-refractivity contribution in [2.24, 2.45) is 0 Å². The van der Waals surface area contributed by atoms with Crippen LogP contribution in [0.4, 0.5) is 0 Å². The number of rotatable bonds is 15. The third-order valence-electron chi connectivity index (χ3n) is 5.57. The molecule has 0 radical (unpaired) electrons. The molecular formula is C25H34O5. The van der Waals surface area contributed by atoms with Crippen LogP contribution in [0.15, 0.2) is 18.2 Å². The number of fused-ring (bicyclic) bond motifs is 1. The number of carbonyl (C=O) groups excluding carboxylic acids is 2. The van der Waals surface area contributed by atoms with Crippen LogP contribution in [0.25, 0.3) is 6.08 Å². The third kappa shape index (κ3) is 7.43. The van der Waals surface area contributed by atoms with E-state index in [0.29, 0.717) is 5.56 Å². The van der Waals surface area contributed by atoms with Gasteiger partial charge >= 0.3 is 17.9 Å². The van der Waals surface area contributed by atoms with E-state index in [0.717, 1.165) is 19.3 Å². The summed E-state index contributed by atoms with van der Waals surface area (Å²) in [7, 11) is 0. The molecule has 0 bridgehead atoms. The minimum Gasteiger partial charge on any atom is -0.478 e. The number of carbonyl (C=O) groups is 3. The molecule has 1 N–H and O–H groups in total. The third-order valence-corrected chi connectivity index (χ3v) is 5.57. The Labute approximate surface area is 179 Å². The van der Waals surface area contributed by atoms with Gasteiger partial charge in [-0.05, 0) is 30.5 Å². The van der Waals surface area contributed by atoms with E-state index >= 15 is 0 Å². The standard InChI is InChI=1S/C25H34O5/c1-2-3-4-5-6-7-8-9-10-11-12-13-14-15-16-19-17-21-22(18-20(19)23(26)27)25(29)30-24(21)28/h15-18H,2-14H2,1H3,(H,26,27). The maximum atomic E-state index is 11.7. The molecule has 30 heavy (non-hydrogen) atoms. The van der Waals surface area contributed by atoms with Crippen LogP contribution in [0.2, 0.25) is 0 Å². The Bertz CT molecular complexity index is 763. The van der Waals surface area contributed by atoms with E-state index in [2.05, 4.69) is 11.7 Å². The van der Waals surface area contributed by atoms with Gasteiger partial charge < -0.3 is 9.84 Å². The fraction of sp³-hybridized carbons (Fsp3) is 0.560. The topological polar surface area (TPSA) is 80.7 Å². The highest BCUT2D eigenvalue weighted by Crippen LogP contribution is 2.25. The Kier molecular flexibility index (Phi) is 10.3. The summed E-state index contributed by atoms with van der Waals surface area (Å²) in [5.41, 5.74) is 0.587. The second-order valence-electron chi connectivity index (χ2n) is 8.05. The second-order valence-corrected chi connectivity index (χ2v) is 8.05. The van der Waals surface area contributed by atoms with E-state index in [-0.39, 0.29) is 16.7 Å². The average molecular weight is 415 g/mol. The van der Waals surface area contributed by atoms with E-state index in [1.807, 2.05) is 6.08 Å². The zero-order valence-corrected chi connectivity index (χ0v) is 18.1. The van der Waals surface area contributed by atoms with Crippen molar-refractivity contribution in [1.29, 1.82) is 0 Å². The van der Waals surface area contributed by atoms with Crippen LogP contribution in [-0.4, -0.2) is 23.0 Å². The fourth-order valence-corrected chi connectivity index (χ4v) is 3.78. The van der Waals surface area contributed by atoms with Gasteiger partial charge in [0.25, 0.3) is 0 Å². The van der Waals surface area contributed by atoms with Gasteiger partial charge in [0.05, 0.1) is 16.7 Å². The first-order chi connectivity index (χ1) is 14.5. The molecular weight excluding hydrogens is 380 g/mol. The van der Waals surface area contributed by atoms with Gasteiger partial charge in [0.2, 0.25) is 0 Å². The van der Waals surface area contributed by atoms with Gasteiger partial charge in [-0.25, -0.2) is 14.4 Å². The number of allylic oxidation sites excluding steroid dienone is 1. The average Bonchev–Trinajstić information content (AvgIpc) is 3.00. The van der Waals surface area contributed by atoms with Gasteiger partial charge in [-0.3, -0.25) is 0 Å². The van der Waals surface area contributed by atoms with Gasteiger partial charge in [0.1, 0.15) is 0 Å². The number of aromatic carboxylic acids is 1. The highest BCUT2D eigenvalue weighted by Gasteiger charge is 2.31. The number of esters is 2. The lowest BCUT2D eigenvalue weighted by atomic mass is 9.98. The van der Waals surface area contributed by atoms with E-state index in [1.165, 1.54) is 76.3 Å². The summed E-state index contributed by atoms with van der Waals surface area (Å²) in [5.74, 6) is -2.64. The Morgan fingerprint density at radius 3 is 1.87 bits per heavy atom. The number of unbranched alkanes of at least 4 members (excludes halogenated alkanes) is 12. The quantitative estimate of drug-likeness (QED) is 0.194. The Balaban J connectivity index is 1.65. The first-order valence-corrected chi connectivity index (χ1v) is 11.4. The lowest BCUT2D eigenvalue weighted by molar-refractivity contribution is 0.0443. The Morgan fingerprint density at radius 1 is 0.833 bits per heavy atom. The van der Waals surface area contributed by atoms with Crippen LogP contribution in [0.5, 0.6) is 0 Å². The lowest BCUT2D eigenvalue weighted by Crippen LogP contribution is -2.04. The molecule has 5 heteroatoms. The maximum absolute atomic E-state index is 11.7. The SMILES string of the molecule is CCCCCCCCCCCCCCC=Cc1cc2c(cc1C(=O)O)C(=O)OC2=O. The highest BCUT2D eigenvalue weighted by atomic mass is 16.6. The predicted molar refractivity (Wildman–Crippen MR) is 118 cm³/mol. The minimum atomic E-state index is -1.13. The van der Waals surface area contributed by atoms with E-state index in [1.54, 1.807) is 6.08 Å². The number of ether oxygens (including phenoxy) is 1. The van der Waals surface area contributed by atoms with Crippen molar-refractivity contribution in [3.8, 4) is 0 Å². The first kappa shape index (κ1) is 23.8. The molecule has 0 spiro atoms. The molecule has 0 atom stereocenters. The summed E-state index contributed by atoms with van der Waals surface area (Å²) < 4.78 is 4.55. The first-order valence-electron chi connectivity index (χ1n) is 11.4. The zero-order valence-electron chi connectivity index (χ0n) is 18.1. The smallest absolute Gasteiger partial charge is 0.346 e. The molecule has 2 rings (SSSR count). The molecule has 1 aliphatic heterocycles. The second kappa shape index (κ2) is 13.0. The molecule has 5 nitrogen and oxygen atoms in total.